The lowest BCUT2D eigenvalue weighted by Gasteiger charge is -2.24. The molecule has 4 unspecified atom stereocenters. The molecule has 1 aliphatic heterocycles. The minimum atomic E-state index is -4.96. The topological polar surface area (TPSA) is 207 Å². The number of rotatable bonds is 9. The second-order valence-electron chi connectivity index (χ2n) is 4.92. The average molecular weight is 364 g/mol. The molecule has 0 aromatic rings. The molecule has 138 valence electrons. The Morgan fingerprint density at radius 3 is 2.22 bits per heavy atom. The first-order valence-corrected chi connectivity index (χ1v) is 8.08. The molecule has 0 aromatic carbocycles. The van der Waals surface area contributed by atoms with Crippen molar-refractivity contribution in [2.24, 2.45) is 0 Å². The first-order valence-electron chi connectivity index (χ1n) is 6.55. The van der Waals surface area contributed by atoms with Crippen LogP contribution >= 0.6 is 7.82 Å². The third-order valence-electron chi connectivity index (χ3n) is 3.14. The highest BCUT2D eigenvalue weighted by Crippen LogP contribution is 2.42. The molecule has 23 heavy (non-hydrogen) atoms. The van der Waals surface area contributed by atoms with Crippen LogP contribution in [0.2, 0.25) is 0 Å². The third-order valence-corrected chi connectivity index (χ3v) is 3.65. The quantitative estimate of drug-likeness (QED) is 0.183. The van der Waals surface area contributed by atoms with E-state index in [1.165, 1.54) is 0 Å². The van der Waals surface area contributed by atoms with Crippen LogP contribution in [0.15, 0.2) is 0 Å². The maximum absolute atomic E-state index is 10.8. The highest BCUT2D eigenvalue weighted by Gasteiger charge is 2.48. The Morgan fingerprint density at radius 1 is 1.13 bits per heavy atom. The van der Waals surface area contributed by atoms with Crippen molar-refractivity contribution in [2.75, 3.05) is 19.8 Å². The van der Waals surface area contributed by atoms with E-state index in [0.717, 1.165) is 0 Å². The molecule has 13 heteroatoms. The zero-order valence-corrected chi connectivity index (χ0v) is 12.7. The van der Waals surface area contributed by atoms with Crippen molar-refractivity contribution in [1.82, 2.24) is 0 Å². The lowest BCUT2D eigenvalue weighted by Crippen LogP contribution is -2.43. The van der Waals surface area contributed by atoms with Gasteiger partial charge in [0.05, 0.1) is 19.8 Å². The first kappa shape index (κ1) is 20.8. The number of aliphatic hydroxyl groups is 6. The molecule has 0 spiro atoms. The van der Waals surface area contributed by atoms with Crippen LogP contribution in [0.5, 0.6) is 0 Å². The Labute approximate surface area is 130 Å². The summed E-state index contributed by atoms with van der Waals surface area (Å²) in [5.74, 6) is 0. The summed E-state index contributed by atoms with van der Waals surface area (Å²) in [6.07, 6.45) is -11.0. The maximum Gasteiger partial charge on any atom is 0.470 e. The smallest absolute Gasteiger partial charge is 0.394 e. The van der Waals surface area contributed by atoms with Gasteiger partial charge >= 0.3 is 7.82 Å². The zero-order valence-electron chi connectivity index (χ0n) is 11.8. The Hall–Kier alpha value is -0.210. The van der Waals surface area contributed by atoms with E-state index in [2.05, 4.69) is 4.52 Å². The van der Waals surface area contributed by atoms with Crippen molar-refractivity contribution >= 4 is 7.82 Å². The third kappa shape index (κ3) is 5.98. The normalized spacial score (nSPS) is 32.7. The van der Waals surface area contributed by atoms with E-state index in [1.54, 1.807) is 0 Å². The number of hydrogen-bond donors (Lipinski definition) is 8. The molecule has 0 saturated carbocycles. The molecule has 12 nitrogen and oxygen atoms in total. The van der Waals surface area contributed by atoms with Crippen LogP contribution in [0.25, 0.3) is 0 Å². The van der Waals surface area contributed by atoms with Crippen molar-refractivity contribution in [1.29, 1.82) is 0 Å². The monoisotopic (exact) mass is 364 g/mol. The van der Waals surface area contributed by atoms with Crippen molar-refractivity contribution < 1.29 is 59.0 Å². The molecular weight excluding hydrogens is 343 g/mol. The average Bonchev–Trinajstić information content (AvgIpc) is 2.77. The summed E-state index contributed by atoms with van der Waals surface area (Å²) in [5, 5.41) is 55.7. The second-order valence-corrected chi connectivity index (χ2v) is 6.11. The Balaban J connectivity index is 2.59. The summed E-state index contributed by atoms with van der Waals surface area (Å²) in [4.78, 5) is 17.5. The first-order chi connectivity index (χ1) is 10.6. The number of hydrogen-bond acceptors (Lipinski definition) is 10. The molecule has 1 aliphatic rings. The van der Waals surface area contributed by atoms with E-state index in [4.69, 9.17) is 34.6 Å². The Bertz CT molecular complexity index is 401. The molecule has 1 heterocycles. The van der Waals surface area contributed by atoms with Gasteiger partial charge in [0.1, 0.15) is 36.6 Å². The number of aliphatic hydroxyl groups excluding tert-OH is 6. The van der Waals surface area contributed by atoms with Gasteiger partial charge in [-0.3, -0.25) is 4.52 Å². The van der Waals surface area contributed by atoms with E-state index >= 15 is 0 Å². The van der Waals surface area contributed by atoms with Crippen LogP contribution in [-0.4, -0.2) is 103 Å². The molecular formula is C10H21O12P. The van der Waals surface area contributed by atoms with Crippen molar-refractivity contribution in [2.45, 2.75) is 42.9 Å². The highest BCUT2D eigenvalue weighted by molar-refractivity contribution is 7.46. The molecule has 0 aromatic heterocycles. The van der Waals surface area contributed by atoms with Gasteiger partial charge in [-0.25, -0.2) is 4.57 Å². The summed E-state index contributed by atoms with van der Waals surface area (Å²) < 4.78 is 25.1. The summed E-state index contributed by atoms with van der Waals surface area (Å²) in [5.41, 5.74) is 0. The minimum absolute atomic E-state index is 0.638. The summed E-state index contributed by atoms with van der Waals surface area (Å²) >= 11 is 0. The predicted octanol–water partition coefficient (Wildman–Crippen LogP) is -4.37. The van der Waals surface area contributed by atoms with Crippen LogP contribution in [0.3, 0.4) is 0 Å². The van der Waals surface area contributed by atoms with Crippen molar-refractivity contribution in [3.8, 4) is 0 Å². The van der Waals surface area contributed by atoms with Gasteiger partial charge in [-0.15, -0.1) is 0 Å². The fourth-order valence-corrected chi connectivity index (χ4v) is 2.51. The Morgan fingerprint density at radius 2 is 1.74 bits per heavy atom. The maximum atomic E-state index is 10.8. The van der Waals surface area contributed by atoms with Gasteiger partial charge in [0, 0.05) is 0 Å². The van der Waals surface area contributed by atoms with Gasteiger partial charge < -0.3 is 49.9 Å². The number of phosphoric acid groups is 1. The fourth-order valence-electron chi connectivity index (χ4n) is 1.94. The molecule has 0 aliphatic carbocycles. The lowest BCUT2D eigenvalue weighted by atomic mass is 10.1. The summed E-state index contributed by atoms with van der Waals surface area (Å²) in [7, 11) is -4.96. The molecule has 1 rings (SSSR count). The standard InChI is InChI=1S/C10H21O12P/c11-1-4(13)7(15)5(14)3-20-10-8(16)9(6(2-12)21-10)22-23(17,18)19/h4-16H,1-3H2,(H2,17,18,19)/t4?,5?,6-,7?,8?,9+,10-/m1/s1. The van der Waals surface area contributed by atoms with E-state index < -0.39 is 70.6 Å². The SMILES string of the molecule is O=P(O)(O)O[C@@H]1C(O)[C@H](OCC(O)C(O)C(O)CO)O[C@@H]1CO. The minimum Gasteiger partial charge on any atom is -0.394 e. The molecule has 0 bridgehead atoms. The van der Waals surface area contributed by atoms with E-state index in [9.17, 15) is 19.9 Å². The lowest BCUT2D eigenvalue weighted by molar-refractivity contribution is -0.194. The Kier molecular flexibility index (Phi) is 7.93. The van der Waals surface area contributed by atoms with Gasteiger partial charge in [-0.05, 0) is 0 Å². The molecule has 0 amide bonds. The second kappa shape index (κ2) is 8.76. The van der Waals surface area contributed by atoms with Gasteiger partial charge in [-0.1, -0.05) is 0 Å². The number of ether oxygens (including phenoxy) is 2. The summed E-state index contributed by atoms with van der Waals surface area (Å²) in [6.45, 7) is -2.16. The van der Waals surface area contributed by atoms with Crippen molar-refractivity contribution in [3.05, 3.63) is 0 Å². The van der Waals surface area contributed by atoms with Crippen LogP contribution in [0, 0.1) is 0 Å². The molecule has 0 radical (unpaired) electrons. The van der Waals surface area contributed by atoms with Crippen LogP contribution in [0.4, 0.5) is 0 Å². The van der Waals surface area contributed by atoms with Gasteiger partial charge in [0.25, 0.3) is 0 Å². The van der Waals surface area contributed by atoms with E-state index in [-0.39, 0.29) is 0 Å². The zero-order chi connectivity index (χ0) is 17.8. The van der Waals surface area contributed by atoms with E-state index in [1.807, 2.05) is 0 Å². The van der Waals surface area contributed by atoms with Gasteiger partial charge in [0.2, 0.25) is 0 Å². The van der Waals surface area contributed by atoms with Gasteiger partial charge in [0.15, 0.2) is 6.29 Å². The molecule has 1 saturated heterocycles. The fraction of sp³-hybridized carbons (Fsp3) is 1.00. The van der Waals surface area contributed by atoms with E-state index in [0.29, 0.717) is 0 Å². The largest absolute Gasteiger partial charge is 0.470 e. The molecule has 7 atom stereocenters. The van der Waals surface area contributed by atoms with Gasteiger partial charge in [-0.2, -0.15) is 0 Å². The summed E-state index contributed by atoms with van der Waals surface area (Å²) in [6, 6.07) is 0. The van der Waals surface area contributed by atoms with Crippen molar-refractivity contribution in [3.63, 3.8) is 0 Å². The molecule has 1 fully saturated rings. The highest BCUT2D eigenvalue weighted by atomic mass is 31.2. The predicted molar refractivity (Wildman–Crippen MR) is 69.7 cm³/mol. The van der Waals surface area contributed by atoms with Crippen LogP contribution in [-0.2, 0) is 18.6 Å². The van der Waals surface area contributed by atoms with Crippen LogP contribution in [0.1, 0.15) is 0 Å². The van der Waals surface area contributed by atoms with Crippen LogP contribution < -0.4 is 0 Å². The molecule has 8 N–H and O–H groups in total. The number of phosphoric ester groups is 1.